The number of hydrogen-bond acceptors (Lipinski definition) is 4. The summed E-state index contributed by atoms with van der Waals surface area (Å²) in [4.78, 5) is 12.6. The molecule has 0 bridgehead atoms. The van der Waals surface area contributed by atoms with Gasteiger partial charge in [-0.1, -0.05) is 0 Å². The highest BCUT2D eigenvalue weighted by atomic mass is 79.9. The van der Waals surface area contributed by atoms with Gasteiger partial charge in [-0.05, 0) is 48.3 Å². The average molecular weight is 306 g/mol. The number of hydrogen-bond donors (Lipinski definition) is 1. The first-order valence-electron chi connectivity index (χ1n) is 4.90. The molecule has 5 heteroatoms. The molecule has 0 radical (unpaired) electrons. The minimum Gasteiger partial charge on any atom is -0.469 e. The second-order valence-electron chi connectivity index (χ2n) is 4.30. The van der Waals surface area contributed by atoms with Crippen molar-refractivity contribution in [1.29, 1.82) is 0 Å². The molecule has 0 amide bonds. The van der Waals surface area contributed by atoms with E-state index in [9.17, 15) is 4.79 Å². The number of carbonyl (C=O) groups is 1. The van der Waals surface area contributed by atoms with Crippen molar-refractivity contribution >= 4 is 33.2 Å². The number of esters is 1. The van der Waals surface area contributed by atoms with E-state index >= 15 is 0 Å². The predicted molar refractivity (Wildman–Crippen MR) is 69.5 cm³/mol. The molecule has 1 atom stereocenters. The summed E-state index contributed by atoms with van der Waals surface area (Å²) in [7, 11) is 1.38. The van der Waals surface area contributed by atoms with Gasteiger partial charge < -0.3 is 10.5 Å². The topological polar surface area (TPSA) is 52.3 Å². The number of aryl methyl sites for hydroxylation is 1. The smallest absolute Gasteiger partial charge is 0.313 e. The van der Waals surface area contributed by atoms with E-state index in [1.165, 1.54) is 7.11 Å². The van der Waals surface area contributed by atoms with Crippen molar-refractivity contribution in [2.75, 3.05) is 7.11 Å². The van der Waals surface area contributed by atoms with Gasteiger partial charge in [0.1, 0.15) is 0 Å². The molecular weight excluding hydrogens is 290 g/mol. The van der Waals surface area contributed by atoms with Gasteiger partial charge in [-0.15, -0.1) is 11.3 Å². The molecule has 0 saturated heterocycles. The molecule has 0 aromatic carbocycles. The molecule has 1 heterocycles. The summed E-state index contributed by atoms with van der Waals surface area (Å²) < 4.78 is 5.82. The largest absolute Gasteiger partial charge is 0.469 e. The quantitative estimate of drug-likeness (QED) is 0.873. The Morgan fingerprint density at radius 2 is 2.19 bits per heavy atom. The third kappa shape index (κ3) is 2.47. The van der Waals surface area contributed by atoms with E-state index in [0.29, 0.717) is 0 Å². The molecule has 0 fully saturated rings. The first-order valence-corrected chi connectivity index (χ1v) is 6.51. The van der Waals surface area contributed by atoms with Crippen molar-refractivity contribution in [3.8, 4) is 0 Å². The zero-order valence-corrected chi connectivity index (χ0v) is 12.2. The van der Waals surface area contributed by atoms with Crippen molar-refractivity contribution < 1.29 is 9.53 Å². The number of nitrogens with two attached hydrogens (primary N) is 1. The first kappa shape index (κ1) is 13.7. The van der Waals surface area contributed by atoms with Gasteiger partial charge in [-0.3, -0.25) is 4.79 Å². The Morgan fingerprint density at radius 1 is 1.62 bits per heavy atom. The molecule has 1 unspecified atom stereocenters. The van der Waals surface area contributed by atoms with Crippen LogP contribution in [0.25, 0.3) is 0 Å². The zero-order valence-electron chi connectivity index (χ0n) is 9.83. The fourth-order valence-corrected chi connectivity index (χ4v) is 3.14. The van der Waals surface area contributed by atoms with E-state index < -0.39 is 5.41 Å². The van der Waals surface area contributed by atoms with E-state index in [4.69, 9.17) is 10.5 Å². The number of rotatable bonds is 3. The molecule has 0 spiro atoms. The van der Waals surface area contributed by atoms with Crippen molar-refractivity contribution in [2.24, 2.45) is 11.1 Å². The Hall–Kier alpha value is -0.390. The Kier molecular flexibility index (Phi) is 4.15. The fraction of sp³-hybridized carbons (Fsp3) is 0.545. The summed E-state index contributed by atoms with van der Waals surface area (Å²) in [5, 5.41) is 0. The summed E-state index contributed by atoms with van der Waals surface area (Å²) in [6.07, 6.45) is 0. The lowest BCUT2D eigenvalue weighted by Crippen LogP contribution is -2.36. The van der Waals surface area contributed by atoms with Crippen molar-refractivity contribution in [1.82, 2.24) is 0 Å². The number of ether oxygens (including phenoxy) is 1. The van der Waals surface area contributed by atoms with Gasteiger partial charge in [0.25, 0.3) is 0 Å². The van der Waals surface area contributed by atoms with Crippen molar-refractivity contribution in [3.05, 3.63) is 20.3 Å². The van der Waals surface area contributed by atoms with Gasteiger partial charge in [0.05, 0.1) is 22.4 Å². The Morgan fingerprint density at radius 3 is 2.56 bits per heavy atom. The first-order chi connectivity index (χ1) is 7.30. The summed E-state index contributed by atoms with van der Waals surface area (Å²) in [5.74, 6) is -0.290. The third-order valence-electron chi connectivity index (χ3n) is 2.67. The van der Waals surface area contributed by atoms with Crippen molar-refractivity contribution in [2.45, 2.75) is 26.8 Å². The third-order valence-corrected chi connectivity index (χ3v) is 4.89. The maximum absolute atomic E-state index is 11.6. The maximum Gasteiger partial charge on any atom is 0.313 e. The van der Waals surface area contributed by atoms with Crippen LogP contribution in [0.4, 0.5) is 0 Å². The molecule has 16 heavy (non-hydrogen) atoms. The van der Waals surface area contributed by atoms with Gasteiger partial charge in [-0.25, -0.2) is 0 Å². The molecule has 1 aromatic heterocycles. The summed E-state index contributed by atoms with van der Waals surface area (Å²) in [6.45, 7) is 5.60. The van der Waals surface area contributed by atoms with Crippen LogP contribution in [0.5, 0.6) is 0 Å². The number of carbonyl (C=O) groups excluding carboxylic acids is 1. The van der Waals surface area contributed by atoms with Crippen LogP contribution in [0.1, 0.15) is 30.3 Å². The van der Waals surface area contributed by atoms with Crippen LogP contribution >= 0.6 is 27.3 Å². The monoisotopic (exact) mass is 305 g/mol. The minimum atomic E-state index is -0.717. The Bertz CT molecular complexity index is 381. The summed E-state index contributed by atoms with van der Waals surface area (Å²) >= 11 is 5.01. The van der Waals surface area contributed by atoms with Gasteiger partial charge in [0, 0.05) is 4.88 Å². The SMILES string of the molecule is COC(=O)C(C)(C)C(N)c1cc(C)c(Br)s1. The summed E-state index contributed by atoms with van der Waals surface area (Å²) in [5.41, 5.74) is 6.54. The van der Waals surface area contributed by atoms with Gasteiger partial charge in [-0.2, -0.15) is 0 Å². The van der Waals surface area contributed by atoms with Gasteiger partial charge in [0.2, 0.25) is 0 Å². The lowest BCUT2D eigenvalue weighted by molar-refractivity contribution is -0.152. The molecule has 0 aliphatic carbocycles. The highest BCUT2D eigenvalue weighted by molar-refractivity contribution is 9.11. The van der Waals surface area contributed by atoms with Crippen LogP contribution in [0, 0.1) is 12.3 Å². The van der Waals surface area contributed by atoms with Crippen LogP contribution < -0.4 is 5.73 Å². The van der Waals surface area contributed by atoms with Crippen LogP contribution in [0.2, 0.25) is 0 Å². The highest BCUT2D eigenvalue weighted by Crippen LogP contribution is 2.38. The normalized spacial score (nSPS) is 13.6. The van der Waals surface area contributed by atoms with E-state index in [1.54, 1.807) is 25.2 Å². The van der Waals surface area contributed by atoms with Gasteiger partial charge >= 0.3 is 5.97 Å². The Balaban J connectivity index is 3.01. The lowest BCUT2D eigenvalue weighted by atomic mass is 9.84. The molecule has 3 nitrogen and oxygen atoms in total. The van der Waals surface area contributed by atoms with E-state index in [2.05, 4.69) is 15.9 Å². The molecule has 90 valence electrons. The van der Waals surface area contributed by atoms with Crippen LogP contribution in [0.15, 0.2) is 9.85 Å². The average Bonchev–Trinajstić information content (AvgIpc) is 2.56. The second-order valence-corrected chi connectivity index (χ2v) is 6.70. The van der Waals surface area contributed by atoms with Crippen LogP contribution in [0.3, 0.4) is 0 Å². The zero-order chi connectivity index (χ0) is 12.5. The lowest BCUT2D eigenvalue weighted by Gasteiger charge is -2.27. The highest BCUT2D eigenvalue weighted by Gasteiger charge is 2.37. The van der Waals surface area contributed by atoms with Crippen LogP contribution in [-0.4, -0.2) is 13.1 Å². The number of methoxy groups -OCH3 is 1. The maximum atomic E-state index is 11.6. The molecule has 0 aliphatic rings. The van der Waals surface area contributed by atoms with Gasteiger partial charge in [0.15, 0.2) is 0 Å². The molecule has 1 aromatic rings. The van der Waals surface area contributed by atoms with E-state index in [-0.39, 0.29) is 12.0 Å². The van der Waals surface area contributed by atoms with E-state index in [1.807, 2.05) is 13.0 Å². The van der Waals surface area contributed by atoms with E-state index in [0.717, 1.165) is 14.2 Å². The molecular formula is C11H16BrNO2S. The standard InChI is InChI=1S/C11H16BrNO2S/c1-6-5-7(16-9(6)12)8(13)11(2,3)10(14)15-4/h5,8H,13H2,1-4H3. The number of thiophene rings is 1. The minimum absolute atomic E-state index is 0.290. The molecule has 1 rings (SSSR count). The number of halogens is 1. The molecule has 0 aliphatic heterocycles. The molecule has 0 saturated carbocycles. The Labute approximate surface area is 108 Å². The summed E-state index contributed by atoms with van der Waals surface area (Å²) in [6, 6.07) is 1.65. The second kappa shape index (κ2) is 4.85. The van der Waals surface area contributed by atoms with Crippen LogP contribution in [-0.2, 0) is 9.53 Å². The molecule has 2 N–H and O–H groups in total. The van der Waals surface area contributed by atoms with Crippen molar-refractivity contribution in [3.63, 3.8) is 0 Å². The fourth-order valence-electron chi connectivity index (χ4n) is 1.38. The predicted octanol–water partition coefficient (Wildman–Crippen LogP) is 3.02.